The van der Waals surface area contributed by atoms with Crippen LogP contribution in [0.3, 0.4) is 0 Å². The Morgan fingerprint density at radius 1 is 1.12 bits per heavy atom. The summed E-state index contributed by atoms with van der Waals surface area (Å²) >= 11 is 0. The van der Waals surface area contributed by atoms with Gasteiger partial charge < -0.3 is 15.3 Å². The molecule has 0 aromatic carbocycles. The van der Waals surface area contributed by atoms with Crippen molar-refractivity contribution in [3.63, 3.8) is 0 Å². The number of nitrogens with zero attached hydrogens (tertiary/aromatic N) is 1. The lowest BCUT2D eigenvalue weighted by molar-refractivity contribution is 0.0765. The van der Waals surface area contributed by atoms with Crippen LogP contribution in [0.2, 0.25) is 0 Å². The zero-order valence-corrected chi connectivity index (χ0v) is 11.2. The van der Waals surface area contributed by atoms with Crippen molar-refractivity contribution in [2.24, 2.45) is 0 Å². The van der Waals surface area contributed by atoms with Gasteiger partial charge in [-0.15, -0.1) is 0 Å². The first-order valence-electron chi connectivity index (χ1n) is 7.46. The van der Waals surface area contributed by atoms with Crippen molar-refractivity contribution in [3.05, 3.63) is 0 Å². The van der Waals surface area contributed by atoms with Crippen LogP contribution in [0.15, 0.2) is 0 Å². The lowest BCUT2D eigenvalue weighted by Gasteiger charge is -2.37. The Morgan fingerprint density at radius 2 is 1.82 bits per heavy atom. The second kappa shape index (κ2) is 6.72. The molecule has 0 aromatic rings. The van der Waals surface area contributed by atoms with E-state index in [1.54, 1.807) is 0 Å². The normalized spacial score (nSPS) is 32.8. The van der Waals surface area contributed by atoms with E-state index in [-0.39, 0.29) is 6.10 Å². The zero-order chi connectivity index (χ0) is 12.1. The lowest BCUT2D eigenvalue weighted by atomic mass is 9.91. The van der Waals surface area contributed by atoms with Gasteiger partial charge in [0, 0.05) is 12.1 Å². The fourth-order valence-corrected chi connectivity index (χ4v) is 3.25. The van der Waals surface area contributed by atoms with Gasteiger partial charge >= 0.3 is 0 Å². The summed E-state index contributed by atoms with van der Waals surface area (Å²) < 4.78 is 0. The fraction of sp³-hybridized carbons (Fsp3) is 1.00. The third-order valence-corrected chi connectivity index (χ3v) is 4.31. The van der Waals surface area contributed by atoms with Crippen LogP contribution in [-0.2, 0) is 0 Å². The summed E-state index contributed by atoms with van der Waals surface area (Å²) in [5.41, 5.74) is 0. The summed E-state index contributed by atoms with van der Waals surface area (Å²) in [7, 11) is 0. The first-order chi connectivity index (χ1) is 8.29. The molecule has 17 heavy (non-hydrogen) atoms. The zero-order valence-electron chi connectivity index (χ0n) is 11.2. The van der Waals surface area contributed by atoms with E-state index < -0.39 is 0 Å². The molecular weight excluding hydrogens is 212 g/mol. The van der Waals surface area contributed by atoms with Crippen molar-refractivity contribution < 1.29 is 5.11 Å². The first-order valence-corrected chi connectivity index (χ1v) is 7.46. The first kappa shape index (κ1) is 13.3. The van der Waals surface area contributed by atoms with Gasteiger partial charge in [-0.3, -0.25) is 0 Å². The van der Waals surface area contributed by atoms with Gasteiger partial charge in [0.1, 0.15) is 0 Å². The summed E-state index contributed by atoms with van der Waals surface area (Å²) in [5.74, 6) is 0. The van der Waals surface area contributed by atoms with Crippen LogP contribution in [0.1, 0.15) is 51.9 Å². The predicted molar refractivity (Wildman–Crippen MR) is 71.2 cm³/mol. The summed E-state index contributed by atoms with van der Waals surface area (Å²) in [6.45, 7) is 5.96. The lowest BCUT2D eigenvalue weighted by Crippen LogP contribution is -2.51. The molecule has 0 spiro atoms. The Kier molecular flexibility index (Phi) is 5.26. The van der Waals surface area contributed by atoms with Crippen LogP contribution in [0.5, 0.6) is 0 Å². The summed E-state index contributed by atoms with van der Waals surface area (Å²) in [6, 6.07) is 1.01. The highest BCUT2D eigenvalue weighted by molar-refractivity contribution is 4.86. The van der Waals surface area contributed by atoms with Crippen molar-refractivity contribution >= 4 is 0 Å². The van der Waals surface area contributed by atoms with Crippen molar-refractivity contribution in [1.82, 2.24) is 10.2 Å². The number of likely N-dealkylation sites (tertiary alicyclic amines) is 1. The highest BCUT2D eigenvalue weighted by Gasteiger charge is 2.27. The molecule has 2 rings (SSSR count). The molecule has 2 unspecified atom stereocenters. The number of aliphatic hydroxyl groups excluding tert-OH is 1. The Bertz CT molecular complexity index is 214. The molecule has 100 valence electrons. The van der Waals surface area contributed by atoms with Crippen LogP contribution in [0, 0.1) is 0 Å². The second-order valence-corrected chi connectivity index (χ2v) is 5.74. The highest BCUT2D eigenvalue weighted by Crippen LogP contribution is 2.20. The van der Waals surface area contributed by atoms with Crippen LogP contribution >= 0.6 is 0 Å². The van der Waals surface area contributed by atoms with Gasteiger partial charge in [-0.1, -0.05) is 19.8 Å². The van der Waals surface area contributed by atoms with Gasteiger partial charge in [0.25, 0.3) is 0 Å². The third-order valence-electron chi connectivity index (χ3n) is 4.31. The monoisotopic (exact) mass is 240 g/mol. The molecule has 1 aliphatic heterocycles. The number of hydrogen-bond donors (Lipinski definition) is 2. The van der Waals surface area contributed by atoms with E-state index in [4.69, 9.17) is 0 Å². The summed E-state index contributed by atoms with van der Waals surface area (Å²) in [5, 5.41) is 13.7. The van der Waals surface area contributed by atoms with E-state index in [9.17, 15) is 5.11 Å². The molecule has 1 saturated heterocycles. The van der Waals surface area contributed by atoms with E-state index in [1.165, 1.54) is 51.7 Å². The van der Waals surface area contributed by atoms with Gasteiger partial charge in [0.05, 0.1) is 6.10 Å². The van der Waals surface area contributed by atoms with E-state index in [0.717, 1.165) is 12.8 Å². The molecule has 0 amide bonds. The molecule has 1 aliphatic carbocycles. The topological polar surface area (TPSA) is 35.5 Å². The molecular formula is C14H28N2O. The average Bonchev–Trinajstić information content (AvgIpc) is 2.35. The highest BCUT2D eigenvalue weighted by atomic mass is 16.3. The Hall–Kier alpha value is -0.120. The molecule has 1 heterocycles. The van der Waals surface area contributed by atoms with Gasteiger partial charge in [-0.05, 0) is 51.7 Å². The number of aliphatic hydroxyl groups is 1. The van der Waals surface area contributed by atoms with Crippen molar-refractivity contribution in [2.75, 3.05) is 19.6 Å². The van der Waals surface area contributed by atoms with Crippen molar-refractivity contribution in [1.29, 1.82) is 0 Å². The maximum atomic E-state index is 9.96. The number of nitrogens with one attached hydrogen (secondary N) is 1. The molecule has 0 bridgehead atoms. The largest absolute Gasteiger partial charge is 0.392 e. The standard InChI is InChI=1S/C14H28N2O/c1-2-9-16-10-7-12(8-11-16)15-13-5-3-4-6-14(13)17/h12-15,17H,2-11H2,1H3. The molecule has 2 N–H and O–H groups in total. The molecule has 2 atom stereocenters. The fourth-order valence-electron chi connectivity index (χ4n) is 3.25. The van der Waals surface area contributed by atoms with E-state index in [0.29, 0.717) is 12.1 Å². The minimum Gasteiger partial charge on any atom is -0.392 e. The number of rotatable bonds is 4. The molecule has 0 aromatic heterocycles. The molecule has 2 aliphatic rings. The van der Waals surface area contributed by atoms with Gasteiger partial charge in [0.2, 0.25) is 0 Å². The minimum absolute atomic E-state index is 0.0996. The molecule has 3 heteroatoms. The predicted octanol–water partition coefficient (Wildman–Crippen LogP) is 1.75. The minimum atomic E-state index is -0.0996. The van der Waals surface area contributed by atoms with E-state index in [1.807, 2.05) is 0 Å². The molecule has 3 nitrogen and oxygen atoms in total. The maximum absolute atomic E-state index is 9.96. The van der Waals surface area contributed by atoms with Gasteiger partial charge in [-0.2, -0.15) is 0 Å². The van der Waals surface area contributed by atoms with Crippen molar-refractivity contribution in [3.8, 4) is 0 Å². The third kappa shape index (κ3) is 3.94. The van der Waals surface area contributed by atoms with Crippen LogP contribution in [-0.4, -0.2) is 47.8 Å². The maximum Gasteiger partial charge on any atom is 0.0693 e. The van der Waals surface area contributed by atoms with Crippen LogP contribution in [0.25, 0.3) is 0 Å². The van der Waals surface area contributed by atoms with Crippen LogP contribution < -0.4 is 5.32 Å². The Morgan fingerprint density at radius 3 is 2.47 bits per heavy atom. The second-order valence-electron chi connectivity index (χ2n) is 5.74. The average molecular weight is 240 g/mol. The molecule has 2 fully saturated rings. The SMILES string of the molecule is CCCN1CCC(NC2CCCCC2O)CC1. The van der Waals surface area contributed by atoms with Gasteiger partial charge in [-0.25, -0.2) is 0 Å². The Balaban J connectivity index is 1.70. The van der Waals surface area contributed by atoms with E-state index in [2.05, 4.69) is 17.1 Å². The Labute approximate surface area is 106 Å². The quantitative estimate of drug-likeness (QED) is 0.786. The van der Waals surface area contributed by atoms with E-state index >= 15 is 0 Å². The summed E-state index contributed by atoms with van der Waals surface area (Å²) in [6.07, 6.45) is 8.31. The number of piperidine rings is 1. The van der Waals surface area contributed by atoms with Crippen molar-refractivity contribution in [2.45, 2.75) is 70.1 Å². The summed E-state index contributed by atoms with van der Waals surface area (Å²) in [4.78, 5) is 2.56. The smallest absolute Gasteiger partial charge is 0.0693 e. The van der Waals surface area contributed by atoms with Crippen LogP contribution in [0.4, 0.5) is 0 Å². The molecule has 1 saturated carbocycles. The molecule has 0 radical (unpaired) electrons. The number of hydrogen-bond acceptors (Lipinski definition) is 3. The van der Waals surface area contributed by atoms with Gasteiger partial charge in [0.15, 0.2) is 0 Å².